The van der Waals surface area contributed by atoms with Crippen LogP contribution in [0.4, 0.5) is 11.6 Å². The Morgan fingerprint density at radius 3 is 2.83 bits per heavy atom. The third-order valence-electron chi connectivity index (χ3n) is 1.99. The molecule has 0 aliphatic carbocycles. The van der Waals surface area contributed by atoms with Gasteiger partial charge in [-0.05, 0) is 11.0 Å². The number of aromatic amines is 1. The van der Waals surface area contributed by atoms with Crippen molar-refractivity contribution < 1.29 is 9.72 Å². The van der Waals surface area contributed by atoms with Gasteiger partial charge in [-0.2, -0.15) is 0 Å². The Morgan fingerprint density at radius 2 is 2.22 bits per heavy atom. The van der Waals surface area contributed by atoms with Gasteiger partial charge < -0.3 is 15.4 Å². The van der Waals surface area contributed by atoms with Crippen molar-refractivity contribution in [3.05, 3.63) is 45.5 Å². The van der Waals surface area contributed by atoms with Gasteiger partial charge in [0.25, 0.3) is 5.91 Å². The number of hydrogen-bond acceptors (Lipinski definition) is 5. The maximum Gasteiger partial charge on any atom is 0.321 e. The molecule has 0 spiro atoms. The molecule has 0 aliphatic rings. The first-order valence-electron chi connectivity index (χ1n) is 4.68. The van der Waals surface area contributed by atoms with Crippen LogP contribution < -0.4 is 5.32 Å². The quantitative estimate of drug-likeness (QED) is 0.498. The van der Waals surface area contributed by atoms with Crippen molar-refractivity contribution in [3.63, 3.8) is 0 Å². The van der Waals surface area contributed by atoms with Crippen LogP contribution in [0.25, 0.3) is 0 Å². The number of H-pyrrole nitrogens is 1. The van der Waals surface area contributed by atoms with Gasteiger partial charge in [-0.15, -0.1) is 0 Å². The van der Waals surface area contributed by atoms with Crippen LogP contribution in [0, 0.1) is 10.1 Å². The zero-order valence-electron chi connectivity index (χ0n) is 8.75. The van der Waals surface area contributed by atoms with Crippen LogP contribution in [0.15, 0.2) is 24.5 Å². The summed E-state index contributed by atoms with van der Waals surface area (Å²) in [6.07, 6.45) is 1.19. The molecule has 2 rings (SSSR count). The van der Waals surface area contributed by atoms with Gasteiger partial charge in [0.05, 0.1) is 0 Å². The van der Waals surface area contributed by atoms with E-state index in [1.807, 2.05) is 0 Å². The molecule has 0 aliphatic heterocycles. The normalized spacial score (nSPS) is 10.1. The second-order valence-corrected chi connectivity index (χ2v) is 3.58. The van der Waals surface area contributed by atoms with Crippen molar-refractivity contribution in [2.24, 2.45) is 0 Å². The molecule has 9 heteroatoms. The highest BCUT2D eigenvalue weighted by molar-refractivity contribution is 6.29. The Hall–Kier alpha value is -2.48. The highest BCUT2D eigenvalue weighted by Crippen LogP contribution is 2.13. The van der Waals surface area contributed by atoms with E-state index in [1.165, 1.54) is 24.5 Å². The molecule has 0 unspecified atom stereocenters. The average Bonchev–Trinajstić information content (AvgIpc) is 2.78. The summed E-state index contributed by atoms with van der Waals surface area (Å²) in [7, 11) is 0. The summed E-state index contributed by atoms with van der Waals surface area (Å²) < 4.78 is 0. The van der Waals surface area contributed by atoms with Crippen LogP contribution in [0.3, 0.4) is 0 Å². The van der Waals surface area contributed by atoms with E-state index < -0.39 is 10.8 Å². The predicted molar refractivity (Wildman–Crippen MR) is 62.4 cm³/mol. The number of nitrogens with zero attached hydrogens (tertiary/aromatic N) is 3. The van der Waals surface area contributed by atoms with Crippen LogP contribution in [0.5, 0.6) is 0 Å². The Labute approximate surface area is 105 Å². The van der Waals surface area contributed by atoms with Gasteiger partial charge in [-0.3, -0.25) is 4.79 Å². The minimum atomic E-state index is -0.627. The number of nitro groups is 1. The number of nitrogens with one attached hydrogen (secondary N) is 2. The fourth-order valence-corrected chi connectivity index (χ4v) is 1.36. The van der Waals surface area contributed by atoms with Gasteiger partial charge in [0.2, 0.25) is 0 Å². The van der Waals surface area contributed by atoms with Gasteiger partial charge in [-0.25, -0.2) is 15.0 Å². The van der Waals surface area contributed by atoms with Crippen molar-refractivity contribution in [2.75, 3.05) is 5.32 Å². The van der Waals surface area contributed by atoms with Crippen molar-refractivity contribution in [1.82, 2.24) is 15.0 Å². The number of aromatic nitrogens is 3. The van der Waals surface area contributed by atoms with Crippen LogP contribution in [0.2, 0.25) is 5.15 Å². The highest BCUT2D eigenvalue weighted by atomic mass is 35.5. The van der Waals surface area contributed by atoms with E-state index in [-0.39, 0.29) is 22.5 Å². The van der Waals surface area contributed by atoms with Crippen LogP contribution in [-0.2, 0) is 0 Å². The topological polar surface area (TPSA) is 114 Å². The largest absolute Gasteiger partial charge is 0.358 e. The number of halogens is 1. The molecule has 92 valence electrons. The Balaban J connectivity index is 2.14. The lowest BCUT2D eigenvalue weighted by Crippen LogP contribution is -2.13. The summed E-state index contributed by atoms with van der Waals surface area (Å²) in [6, 6.07) is 3.86. The minimum absolute atomic E-state index is 0.0523. The van der Waals surface area contributed by atoms with E-state index in [0.29, 0.717) is 0 Å². The first kappa shape index (κ1) is 12.0. The zero-order valence-corrected chi connectivity index (χ0v) is 9.51. The molecular weight excluding hydrogens is 262 g/mol. The molecule has 2 aromatic rings. The number of carbonyl (C=O) groups excluding carboxylic acids is 1. The monoisotopic (exact) mass is 267 g/mol. The SMILES string of the molecule is O=C(Nc1cc(Cl)ncn1)c1ccc([N+](=O)[O-])[nH]1. The molecule has 0 fully saturated rings. The summed E-state index contributed by atoms with van der Waals surface area (Å²) in [4.78, 5) is 31.3. The fraction of sp³-hybridized carbons (Fsp3) is 0. The molecule has 18 heavy (non-hydrogen) atoms. The molecule has 2 N–H and O–H groups in total. The maximum atomic E-state index is 11.7. The van der Waals surface area contributed by atoms with Gasteiger partial charge in [-0.1, -0.05) is 11.6 Å². The summed E-state index contributed by atoms with van der Waals surface area (Å²) in [5, 5.41) is 13.0. The molecule has 0 saturated heterocycles. The smallest absolute Gasteiger partial charge is 0.321 e. The Bertz CT molecular complexity index is 612. The van der Waals surface area contributed by atoms with Crippen LogP contribution >= 0.6 is 11.6 Å². The van der Waals surface area contributed by atoms with Gasteiger partial charge in [0, 0.05) is 12.1 Å². The molecular formula is C9H6ClN5O3. The van der Waals surface area contributed by atoms with Crippen LogP contribution in [-0.4, -0.2) is 25.8 Å². The Kier molecular flexibility index (Phi) is 3.20. The Morgan fingerprint density at radius 1 is 1.44 bits per heavy atom. The van der Waals surface area contributed by atoms with Gasteiger partial charge in [0.1, 0.15) is 17.3 Å². The van der Waals surface area contributed by atoms with E-state index in [0.717, 1.165) is 0 Å². The minimum Gasteiger partial charge on any atom is -0.358 e. The number of anilines is 1. The van der Waals surface area contributed by atoms with E-state index in [1.54, 1.807) is 0 Å². The highest BCUT2D eigenvalue weighted by Gasteiger charge is 2.15. The molecule has 0 aromatic carbocycles. The second-order valence-electron chi connectivity index (χ2n) is 3.19. The van der Waals surface area contributed by atoms with Crippen molar-refractivity contribution in [3.8, 4) is 0 Å². The van der Waals surface area contributed by atoms with Crippen molar-refractivity contribution in [1.29, 1.82) is 0 Å². The number of hydrogen-bond donors (Lipinski definition) is 2. The third kappa shape index (κ3) is 2.61. The van der Waals surface area contributed by atoms with E-state index in [4.69, 9.17) is 11.6 Å². The predicted octanol–water partition coefficient (Wildman–Crippen LogP) is 1.62. The van der Waals surface area contributed by atoms with E-state index in [9.17, 15) is 14.9 Å². The van der Waals surface area contributed by atoms with Gasteiger partial charge in [0.15, 0.2) is 5.69 Å². The molecule has 0 atom stereocenters. The van der Waals surface area contributed by atoms with E-state index >= 15 is 0 Å². The molecule has 0 saturated carbocycles. The summed E-state index contributed by atoms with van der Waals surface area (Å²) in [6.45, 7) is 0. The number of amides is 1. The van der Waals surface area contributed by atoms with Crippen molar-refractivity contribution >= 4 is 29.1 Å². The molecule has 2 aromatic heterocycles. The standard InChI is InChI=1S/C9H6ClN5O3/c10-6-3-7(12-4-11-6)14-9(16)5-1-2-8(13-5)15(17)18/h1-4,13H,(H,11,12,14,16). The molecule has 0 radical (unpaired) electrons. The number of carbonyl (C=O) groups is 1. The molecule has 8 nitrogen and oxygen atoms in total. The fourth-order valence-electron chi connectivity index (χ4n) is 1.21. The lowest BCUT2D eigenvalue weighted by molar-refractivity contribution is -0.389. The summed E-state index contributed by atoms with van der Waals surface area (Å²) in [5.74, 6) is -0.615. The average molecular weight is 268 g/mol. The summed E-state index contributed by atoms with van der Waals surface area (Å²) in [5.41, 5.74) is 0.0523. The molecule has 2 heterocycles. The first-order chi connectivity index (χ1) is 8.56. The summed E-state index contributed by atoms with van der Waals surface area (Å²) >= 11 is 5.62. The molecule has 1 amide bonds. The molecule has 0 bridgehead atoms. The van der Waals surface area contributed by atoms with Crippen molar-refractivity contribution in [2.45, 2.75) is 0 Å². The maximum absolute atomic E-state index is 11.7. The van der Waals surface area contributed by atoms with E-state index in [2.05, 4.69) is 20.3 Å². The number of rotatable bonds is 3. The van der Waals surface area contributed by atoms with Gasteiger partial charge >= 0.3 is 5.82 Å². The zero-order chi connectivity index (χ0) is 13.1. The lowest BCUT2D eigenvalue weighted by atomic mass is 10.4. The van der Waals surface area contributed by atoms with Crippen LogP contribution in [0.1, 0.15) is 10.5 Å². The first-order valence-corrected chi connectivity index (χ1v) is 5.06. The lowest BCUT2D eigenvalue weighted by Gasteiger charge is -2.00. The second kappa shape index (κ2) is 4.80. The third-order valence-corrected chi connectivity index (χ3v) is 2.19.